The highest BCUT2D eigenvalue weighted by molar-refractivity contribution is 7.98. The summed E-state index contributed by atoms with van der Waals surface area (Å²) in [5.41, 5.74) is 3.91. The van der Waals surface area contributed by atoms with Crippen molar-refractivity contribution in [3.8, 4) is 5.75 Å². The van der Waals surface area contributed by atoms with Crippen molar-refractivity contribution in [2.24, 2.45) is 0 Å². The maximum absolute atomic E-state index is 12.4. The lowest BCUT2D eigenvalue weighted by Crippen LogP contribution is -2.47. The molecule has 0 spiro atoms. The van der Waals surface area contributed by atoms with Crippen LogP contribution in [0.15, 0.2) is 59.8 Å². The zero-order valence-electron chi connectivity index (χ0n) is 23.3. The van der Waals surface area contributed by atoms with Gasteiger partial charge < -0.3 is 19.9 Å². The minimum absolute atomic E-state index is 0.0473. The standard InChI is InChI=1S/C30H39N5O2S/c1-21(2)31-28(36)23-9-7-8-22(18-23)20-38-29-32-26(30(3,4)5)19-27(33-29)35-16-14-34(15-17-35)24-10-12-25(37-6)13-11-24/h7-13,18-19,21H,14-17,20H2,1-6H3,(H,31,36). The molecule has 1 aliphatic heterocycles. The molecule has 0 bridgehead atoms. The summed E-state index contributed by atoms with van der Waals surface area (Å²) in [5.74, 6) is 2.50. The average molecular weight is 534 g/mol. The van der Waals surface area contributed by atoms with Crippen LogP contribution >= 0.6 is 11.8 Å². The molecule has 1 amide bonds. The van der Waals surface area contributed by atoms with Crippen molar-refractivity contribution in [2.45, 2.75) is 57.0 Å². The molecule has 1 N–H and O–H groups in total. The molecule has 0 saturated carbocycles. The highest BCUT2D eigenvalue weighted by Crippen LogP contribution is 2.29. The Morgan fingerprint density at radius 3 is 2.32 bits per heavy atom. The van der Waals surface area contributed by atoms with Crippen molar-refractivity contribution < 1.29 is 9.53 Å². The minimum atomic E-state index is -0.0905. The van der Waals surface area contributed by atoms with Crippen molar-refractivity contribution in [3.05, 3.63) is 71.4 Å². The van der Waals surface area contributed by atoms with E-state index in [9.17, 15) is 4.79 Å². The molecular formula is C30H39N5O2S. The number of nitrogens with one attached hydrogen (secondary N) is 1. The van der Waals surface area contributed by atoms with Crippen LogP contribution in [0, 0.1) is 0 Å². The van der Waals surface area contributed by atoms with E-state index in [0.29, 0.717) is 11.3 Å². The van der Waals surface area contributed by atoms with Gasteiger partial charge in [-0.2, -0.15) is 0 Å². The lowest BCUT2D eigenvalue weighted by Gasteiger charge is -2.37. The fourth-order valence-corrected chi connectivity index (χ4v) is 5.10. The highest BCUT2D eigenvalue weighted by atomic mass is 32.2. The zero-order valence-corrected chi connectivity index (χ0v) is 24.1. The first-order valence-corrected chi connectivity index (χ1v) is 14.2. The summed E-state index contributed by atoms with van der Waals surface area (Å²) in [7, 11) is 1.69. The molecular weight excluding hydrogens is 494 g/mol. The third-order valence-electron chi connectivity index (χ3n) is 6.48. The van der Waals surface area contributed by atoms with Crippen molar-refractivity contribution in [3.63, 3.8) is 0 Å². The van der Waals surface area contributed by atoms with Gasteiger partial charge in [-0.05, 0) is 55.8 Å². The number of thioether (sulfide) groups is 1. The van der Waals surface area contributed by atoms with Gasteiger partial charge in [0, 0.05) is 60.7 Å². The summed E-state index contributed by atoms with van der Waals surface area (Å²) in [5, 5.41) is 3.73. The van der Waals surface area contributed by atoms with Crippen LogP contribution in [0.25, 0.3) is 0 Å². The average Bonchev–Trinajstić information content (AvgIpc) is 2.91. The fourth-order valence-electron chi connectivity index (χ4n) is 4.31. The minimum Gasteiger partial charge on any atom is -0.497 e. The Hall–Kier alpha value is -3.26. The lowest BCUT2D eigenvalue weighted by molar-refractivity contribution is 0.0943. The van der Waals surface area contributed by atoms with Crippen LogP contribution in [0.3, 0.4) is 0 Å². The van der Waals surface area contributed by atoms with E-state index >= 15 is 0 Å². The molecule has 1 fully saturated rings. The van der Waals surface area contributed by atoms with E-state index < -0.39 is 0 Å². The number of ether oxygens (including phenoxy) is 1. The van der Waals surface area contributed by atoms with Crippen LogP contribution in [0.4, 0.5) is 11.5 Å². The Balaban J connectivity index is 1.47. The van der Waals surface area contributed by atoms with E-state index in [4.69, 9.17) is 14.7 Å². The molecule has 3 aromatic rings. The second-order valence-electron chi connectivity index (χ2n) is 10.9. The van der Waals surface area contributed by atoms with Crippen LogP contribution in [0.5, 0.6) is 5.75 Å². The number of anilines is 2. The maximum Gasteiger partial charge on any atom is 0.251 e. The largest absolute Gasteiger partial charge is 0.497 e. The van der Waals surface area contributed by atoms with Gasteiger partial charge in [-0.3, -0.25) is 4.79 Å². The van der Waals surface area contributed by atoms with E-state index in [-0.39, 0.29) is 17.4 Å². The number of aromatic nitrogens is 2. The molecule has 2 heterocycles. The first-order valence-electron chi connectivity index (χ1n) is 13.2. The normalized spacial score (nSPS) is 14.1. The lowest BCUT2D eigenvalue weighted by atomic mass is 9.92. The fraction of sp³-hybridized carbons (Fsp3) is 0.433. The summed E-state index contributed by atoms with van der Waals surface area (Å²) < 4.78 is 5.30. The Labute approximate surface area is 231 Å². The molecule has 0 aliphatic carbocycles. The van der Waals surface area contributed by atoms with Crippen molar-refractivity contribution >= 4 is 29.2 Å². The quantitative estimate of drug-likeness (QED) is 0.301. The number of hydrogen-bond donors (Lipinski definition) is 1. The molecule has 0 unspecified atom stereocenters. The van der Waals surface area contributed by atoms with Crippen LogP contribution in [0.1, 0.15) is 56.2 Å². The number of hydrogen-bond acceptors (Lipinski definition) is 7. The SMILES string of the molecule is COc1ccc(N2CCN(c3cc(C(C)(C)C)nc(SCc4cccc(C(=O)NC(C)C)c4)n3)CC2)cc1. The Kier molecular flexibility index (Phi) is 8.82. The molecule has 38 heavy (non-hydrogen) atoms. The number of amides is 1. The summed E-state index contributed by atoms with van der Waals surface area (Å²) in [4.78, 5) is 27.1. The smallest absolute Gasteiger partial charge is 0.251 e. The van der Waals surface area contributed by atoms with Gasteiger partial charge in [0.15, 0.2) is 5.16 Å². The predicted molar refractivity (Wildman–Crippen MR) is 157 cm³/mol. The van der Waals surface area contributed by atoms with Gasteiger partial charge in [0.2, 0.25) is 0 Å². The van der Waals surface area contributed by atoms with Gasteiger partial charge in [-0.15, -0.1) is 0 Å². The van der Waals surface area contributed by atoms with E-state index in [1.54, 1.807) is 18.9 Å². The number of piperazine rings is 1. The first-order chi connectivity index (χ1) is 18.1. The number of nitrogens with zero attached hydrogens (tertiary/aromatic N) is 4. The molecule has 202 valence electrons. The van der Waals surface area contributed by atoms with Gasteiger partial charge in [0.05, 0.1) is 12.8 Å². The second-order valence-corrected chi connectivity index (χ2v) is 11.9. The van der Waals surface area contributed by atoms with Gasteiger partial charge in [-0.25, -0.2) is 9.97 Å². The van der Waals surface area contributed by atoms with Crippen LogP contribution in [-0.4, -0.2) is 55.2 Å². The predicted octanol–water partition coefficient (Wildman–Crippen LogP) is 5.54. The topological polar surface area (TPSA) is 70.6 Å². The highest BCUT2D eigenvalue weighted by Gasteiger charge is 2.23. The molecule has 0 atom stereocenters. The molecule has 1 saturated heterocycles. The van der Waals surface area contributed by atoms with Gasteiger partial charge in [0.25, 0.3) is 5.91 Å². The summed E-state index contributed by atoms with van der Waals surface area (Å²) in [6, 6.07) is 18.3. The Bertz CT molecular complexity index is 1230. The molecule has 1 aliphatic rings. The second kappa shape index (κ2) is 12.1. The van der Waals surface area contributed by atoms with Crippen LogP contribution in [-0.2, 0) is 11.2 Å². The van der Waals surface area contributed by atoms with E-state index in [1.165, 1.54) is 5.69 Å². The number of methoxy groups -OCH3 is 1. The number of carbonyl (C=O) groups is 1. The van der Waals surface area contributed by atoms with E-state index in [0.717, 1.165) is 54.2 Å². The monoisotopic (exact) mass is 533 g/mol. The molecule has 0 radical (unpaired) electrons. The third-order valence-corrected chi connectivity index (χ3v) is 7.40. The van der Waals surface area contributed by atoms with Gasteiger partial charge in [0.1, 0.15) is 11.6 Å². The maximum atomic E-state index is 12.4. The van der Waals surface area contributed by atoms with E-state index in [1.807, 2.05) is 50.2 Å². The Morgan fingerprint density at radius 1 is 1.00 bits per heavy atom. The molecule has 8 heteroatoms. The first kappa shape index (κ1) is 27.8. The number of rotatable bonds is 8. The number of benzene rings is 2. The van der Waals surface area contributed by atoms with E-state index in [2.05, 4.69) is 54.1 Å². The summed E-state index contributed by atoms with van der Waals surface area (Å²) in [6.45, 7) is 14.1. The zero-order chi connectivity index (χ0) is 27.3. The Morgan fingerprint density at radius 2 is 1.68 bits per heavy atom. The molecule has 7 nitrogen and oxygen atoms in total. The molecule has 2 aromatic carbocycles. The third kappa shape index (κ3) is 7.19. The van der Waals surface area contributed by atoms with Crippen molar-refractivity contribution in [1.82, 2.24) is 15.3 Å². The van der Waals surface area contributed by atoms with Gasteiger partial charge in [-0.1, -0.05) is 44.7 Å². The van der Waals surface area contributed by atoms with Crippen molar-refractivity contribution in [1.29, 1.82) is 0 Å². The van der Waals surface area contributed by atoms with Crippen LogP contribution < -0.4 is 19.9 Å². The van der Waals surface area contributed by atoms with Gasteiger partial charge >= 0.3 is 0 Å². The summed E-state index contributed by atoms with van der Waals surface area (Å²) >= 11 is 1.61. The molecule has 1 aromatic heterocycles. The van der Waals surface area contributed by atoms with Crippen LogP contribution in [0.2, 0.25) is 0 Å². The summed E-state index contributed by atoms with van der Waals surface area (Å²) in [6.07, 6.45) is 0. The van der Waals surface area contributed by atoms with Crippen molar-refractivity contribution in [2.75, 3.05) is 43.1 Å². The number of carbonyl (C=O) groups excluding carboxylic acids is 1. The molecule has 4 rings (SSSR count).